The van der Waals surface area contributed by atoms with Crippen LogP contribution in [0.15, 0.2) is 72.9 Å². The van der Waals surface area contributed by atoms with Crippen molar-refractivity contribution >= 4 is 28.6 Å². The topological polar surface area (TPSA) is 98.3 Å². The number of hydrogen-bond acceptors (Lipinski definition) is 8. The Balaban J connectivity index is 1.02. The van der Waals surface area contributed by atoms with E-state index in [0.29, 0.717) is 46.7 Å². The number of likely N-dealkylation sites (tertiary alicyclic amines) is 2. The van der Waals surface area contributed by atoms with Gasteiger partial charge in [0.05, 0.1) is 30.1 Å². The second-order valence-corrected chi connectivity index (χ2v) is 12.9. The summed E-state index contributed by atoms with van der Waals surface area (Å²) in [5, 5.41) is 0.698. The molecule has 2 atom stereocenters. The number of likely N-dealkylation sites (N-methyl/N-ethyl adjacent to an activating group) is 1. The summed E-state index contributed by atoms with van der Waals surface area (Å²) in [5.41, 5.74) is 2.65. The highest BCUT2D eigenvalue weighted by Crippen LogP contribution is 2.49. The molecule has 46 heavy (non-hydrogen) atoms. The van der Waals surface area contributed by atoms with E-state index >= 15 is 0 Å². The summed E-state index contributed by atoms with van der Waals surface area (Å²) in [6.45, 7) is 3.70. The summed E-state index contributed by atoms with van der Waals surface area (Å²) >= 11 is 0. The fourth-order valence-corrected chi connectivity index (χ4v) is 6.78. The summed E-state index contributed by atoms with van der Waals surface area (Å²) in [4.78, 5) is 48.0. The summed E-state index contributed by atoms with van der Waals surface area (Å²) in [6, 6.07) is 20.8. The lowest BCUT2D eigenvalue weighted by molar-refractivity contribution is -0.133. The Morgan fingerprint density at radius 2 is 1.48 bits per heavy atom. The predicted molar refractivity (Wildman–Crippen MR) is 173 cm³/mol. The maximum atomic E-state index is 13.3. The Morgan fingerprint density at radius 1 is 0.848 bits per heavy atom. The second kappa shape index (κ2) is 11.9. The molecule has 3 aromatic carbocycles. The van der Waals surface area contributed by atoms with Gasteiger partial charge in [-0.05, 0) is 68.6 Å². The van der Waals surface area contributed by atoms with Gasteiger partial charge < -0.3 is 19.1 Å². The molecule has 1 saturated carbocycles. The molecule has 0 N–H and O–H groups in total. The maximum absolute atomic E-state index is 13.3. The highest BCUT2D eigenvalue weighted by molar-refractivity contribution is 6.11. The SMILES string of the molecule is COc1cc2c(Oc3ccc(CC(=O)C4(C(=O)Cc5ccc(C)cc5)CC4)cc3)ccnc2cc1OC(=O)N1C2CC1CN(C)C2. The fraction of sp³-hybridized carbons (Fsp3) is 0.351. The molecule has 0 spiro atoms. The van der Waals surface area contributed by atoms with Crippen LogP contribution in [0.2, 0.25) is 0 Å². The van der Waals surface area contributed by atoms with Crippen molar-refractivity contribution in [2.75, 3.05) is 27.2 Å². The van der Waals surface area contributed by atoms with E-state index in [4.69, 9.17) is 14.2 Å². The number of nitrogens with zero attached hydrogens (tertiary/aromatic N) is 3. The number of aryl methyl sites for hydroxylation is 1. The van der Waals surface area contributed by atoms with Gasteiger partial charge in [0.25, 0.3) is 0 Å². The van der Waals surface area contributed by atoms with Crippen LogP contribution in [-0.4, -0.2) is 71.8 Å². The van der Waals surface area contributed by atoms with Crippen molar-refractivity contribution in [3.63, 3.8) is 0 Å². The molecule has 3 heterocycles. The molecule has 4 aromatic rings. The first-order valence-electron chi connectivity index (χ1n) is 15.8. The van der Waals surface area contributed by atoms with Crippen LogP contribution in [0.4, 0.5) is 4.79 Å². The smallest absolute Gasteiger partial charge is 0.415 e. The van der Waals surface area contributed by atoms with Crippen LogP contribution >= 0.6 is 0 Å². The molecule has 1 aliphatic carbocycles. The van der Waals surface area contributed by atoms with Gasteiger partial charge >= 0.3 is 6.09 Å². The maximum Gasteiger partial charge on any atom is 0.415 e. The van der Waals surface area contributed by atoms with Crippen LogP contribution in [0.3, 0.4) is 0 Å². The minimum atomic E-state index is -0.854. The van der Waals surface area contributed by atoms with Gasteiger partial charge in [-0.1, -0.05) is 42.0 Å². The van der Waals surface area contributed by atoms with Gasteiger partial charge in [-0.15, -0.1) is 0 Å². The number of rotatable bonds is 10. The normalized spacial score (nSPS) is 19.7. The first kappa shape index (κ1) is 29.9. The zero-order valence-electron chi connectivity index (χ0n) is 26.3. The van der Waals surface area contributed by atoms with E-state index in [1.54, 1.807) is 24.4 Å². The fourth-order valence-electron chi connectivity index (χ4n) is 6.78. The van der Waals surface area contributed by atoms with E-state index in [9.17, 15) is 14.4 Å². The molecule has 9 heteroatoms. The number of methoxy groups -OCH3 is 1. The van der Waals surface area contributed by atoms with Gasteiger partial charge in [-0.2, -0.15) is 0 Å². The van der Waals surface area contributed by atoms with Crippen molar-refractivity contribution in [3.05, 3.63) is 89.6 Å². The minimum absolute atomic E-state index is 0.00941. The van der Waals surface area contributed by atoms with Crippen LogP contribution in [0, 0.1) is 12.3 Å². The molecular weight excluding hydrogens is 582 g/mol. The average Bonchev–Trinajstić information content (AvgIpc) is 3.85. The molecule has 1 amide bonds. The third-order valence-electron chi connectivity index (χ3n) is 9.59. The van der Waals surface area contributed by atoms with Crippen LogP contribution in [0.1, 0.15) is 36.0 Å². The Hall–Kier alpha value is -4.76. The third kappa shape index (κ3) is 5.71. The Kier molecular flexibility index (Phi) is 7.72. The zero-order valence-corrected chi connectivity index (χ0v) is 26.3. The van der Waals surface area contributed by atoms with Crippen LogP contribution in [-0.2, 0) is 22.4 Å². The predicted octanol–water partition coefficient (Wildman–Crippen LogP) is 5.93. The van der Waals surface area contributed by atoms with Gasteiger partial charge in [0.15, 0.2) is 23.1 Å². The number of pyridine rings is 1. The highest BCUT2D eigenvalue weighted by Gasteiger charge is 2.54. The number of fused-ring (bicyclic) bond motifs is 3. The number of aromatic nitrogens is 1. The van der Waals surface area contributed by atoms with E-state index in [1.807, 2.05) is 60.4 Å². The summed E-state index contributed by atoms with van der Waals surface area (Å²) in [6.07, 6.45) is 3.99. The van der Waals surface area contributed by atoms with Gasteiger partial charge in [0, 0.05) is 43.6 Å². The molecular formula is C37H37N3O6. The van der Waals surface area contributed by atoms with Crippen LogP contribution < -0.4 is 14.2 Å². The lowest BCUT2D eigenvalue weighted by Gasteiger charge is -2.54. The molecule has 2 bridgehead atoms. The summed E-state index contributed by atoms with van der Waals surface area (Å²) in [5.74, 6) is 1.85. The number of benzene rings is 3. The average molecular weight is 620 g/mol. The molecule has 2 unspecified atom stereocenters. The standard InChI is InChI=1S/C37H37N3O6/c1-23-4-6-24(7-5-23)16-34(41)37(13-14-37)35(42)17-25-8-10-28(11-9-25)45-31-12-15-38-30-20-33(32(44-3)19-29(30)31)46-36(43)40-26-18-27(40)22-39(2)21-26/h4-12,15,19-20,26-27H,13-14,16-18,21-22H2,1-3H3. The van der Waals surface area contributed by atoms with Crippen LogP contribution in [0.5, 0.6) is 23.0 Å². The summed E-state index contributed by atoms with van der Waals surface area (Å²) < 4.78 is 17.6. The minimum Gasteiger partial charge on any atom is -0.493 e. The van der Waals surface area contributed by atoms with Gasteiger partial charge in [-0.25, -0.2) is 4.79 Å². The largest absolute Gasteiger partial charge is 0.493 e. The van der Waals surface area contributed by atoms with Gasteiger partial charge in [0.2, 0.25) is 0 Å². The molecule has 3 aliphatic rings. The zero-order chi connectivity index (χ0) is 32.0. The monoisotopic (exact) mass is 619 g/mol. The van der Waals surface area contributed by atoms with Crippen molar-refractivity contribution in [1.29, 1.82) is 0 Å². The number of Topliss-reactive ketones (excluding diaryl/α,β-unsaturated/α-hetero) is 2. The van der Waals surface area contributed by atoms with Gasteiger partial charge in [-0.3, -0.25) is 19.5 Å². The molecule has 236 valence electrons. The molecule has 2 saturated heterocycles. The number of hydrogen-bond donors (Lipinski definition) is 0. The third-order valence-corrected chi connectivity index (χ3v) is 9.59. The molecule has 0 radical (unpaired) electrons. The van der Waals surface area contributed by atoms with E-state index in [1.165, 1.54) is 7.11 Å². The lowest BCUT2D eigenvalue weighted by atomic mass is 9.88. The Bertz CT molecular complexity index is 1800. The van der Waals surface area contributed by atoms with Crippen LogP contribution in [0.25, 0.3) is 10.9 Å². The van der Waals surface area contributed by atoms with Gasteiger partial charge in [0.1, 0.15) is 11.5 Å². The lowest BCUT2D eigenvalue weighted by Crippen LogP contribution is -2.69. The molecule has 9 nitrogen and oxygen atoms in total. The van der Waals surface area contributed by atoms with Crippen molar-refractivity contribution in [1.82, 2.24) is 14.8 Å². The van der Waals surface area contributed by atoms with Crippen molar-refractivity contribution in [3.8, 4) is 23.0 Å². The Labute approximate surface area is 268 Å². The van der Waals surface area contributed by atoms with E-state index < -0.39 is 5.41 Å². The Morgan fingerprint density at radius 3 is 2.09 bits per heavy atom. The summed E-state index contributed by atoms with van der Waals surface area (Å²) in [7, 11) is 3.60. The molecule has 2 aliphatic heterocycles. The number of piperazine rings is 1. The van der Waals surface area contributed by atoms with E-state index in [-0.39, 0.29) is 42.6 Å². The number of carbonyl (C=O) groups is 3. The first-order chi connectivity index (χ1) is 22.2. The second-order valence-electron chi connectivity index (χ2n) is 12.9. The first-order valence-corrected chi connectivity index (χ1v) is 15.8. The van der Waals surface area contributed by atoms with Crippen molar-refractivity contribution < 1.29 is 28.6 Å². The number of ketones is 2. The number of carbonyl (C=O) groups excluding carboxylic acids is 3. The number of ether oxygens (including phenoxy) is 3. The van der Waals surface area contributed by atoms with Crippen molar-refractivity contribution in [2.45, 2.75) is 51.1 Å². The molecule has 1 aromatic heterocycles. The number of piperidine rings is 1. The van der Waals surface area contributed by atoms with E-state index in [2.05, 4.69) is 16.9 Å². The van der Waals surface area contributed by atoms with Crippen molar-refractivity contribution in [2.24, 2.45) is 5.41 Å². The highest BCUT2D eigenvalue weighted by atomic mass is 16.6. The number of amides is 1. The quantitative estimate of drug-likeness (QED) is 0.201. The molecule has 7 rings (SSSR count). The molecule has 3 fully saturated rings. The van der Waals surface area contributed by atoms with E-state index in [0.717, 1.165) is 36.2 Å².